The predicted octanol–water partition coefficient (Wildman–Crippen LogP) is 2.70. The first-order chi connectivity index (χ1) is 6.02. The molecule has 1 heterocycles. The van der Waals surface area contributed by atoms with Gasteiger partial charge in [-0.2, -0.15) is 0 Å². The number of aromatic nitrogens is 1. The van der Waals surface area contributed by atoms with Crippen LogP contribution in [-0.4, -0.2) is 4.98 Å². The highest BCUT2D eigenvalue weighted by molar-refractivity contribution is 6.30. The van der Waals surface area contributed by atoms with E-state index in [0.29, 0.717) is 11.1 Å². The Labute approximate surface area is 84.1 Å². The van der Waals surface area contributed by atoms with Crippen molar-refractivity contribution in [1.82, 2.24) is 4.98 Å². The van der Waals surface area contributed by atoms with E-state index in [1.165, 1.54) is 0 Å². The van der Waals surface area contributed by atoms with E-state index in [1.807, 2.05) is 13.0 Å². The van der Waals surface area contributed by atoms with E-state index in [1.54, 1.807) is 6.20 Å². The van der Waals surface area contributed by atoms with Crippen LogP contribution in [0.15, 0.2) is 12.3 Å². The molecule has 0 aromatic carbocycles. The van der Waals surface area contributed by atoms with Crippen molar-refractivity contribution in [3.8, 4) is 0 Å². The summed E-state index contributed by atoms with van der Waals surface area (Å²) < 4.78 is 0. The van der Waals surface area contributed by atoms with Gasteiger partial charge < -0.3 is 5.73 Å². The van der Waals surface area contributed by atoms with Gasteiger partial charge in [0, 0.05) is 12.2 Å². The second-order valence-electron chi connectivity index (χ2n) is 3.65. The molecule has 1 aromatic heterocycles. The number of aryl methyl sites for hydroxylation is 1. The SMILES string of the molecule is Cc1cc(C(N)C(C)C)cnc1Cl. The maximum Gasteiger partial charge on any atom is 0.131 e. The lowest BCUT2D eigenvalue weighted by Gasteiger charge is -2.16. The minimum absolute atomic E-state index is 0.0449. The van der Waals surface area contributed by atoms with E-state index >= 15 is 0 Å². The predicted molar refractivity (Wildman–Crippen MR) is 55.8 cm³/mol. The highest BCUT2D eigenvalue weighted by Gasteiger charge is 2.11. The van der Waals surface area contributed by atoms with Gasteiger partial charge in [0.1, 0.15) is 5.15 Å². The van der Waals surface area contributed by atoms with Crippen molar-refractivity contribution in [1.29, 1.82) is 0 Å². The zero-order chi connectivity index (χ0) is 10.0. The lowest BCUT2D eigenvalue weighted by Crippen LogP contribution is -2.17. The molecule has 0 amide bonds. The fourth-order valence-corrected chi connectivity index (χ4v) is 1.25. The van der Waals surface area contributed by atoms with Gasteiger partial charge in [-0.3, -0.25) is 0 Å². The monoisotopic (exact) mass is 198 g/mol. The highest BCUT2D eigenvalue weighted by Crippen LogP contribution is 2.21. The molecule has 0 saturated carbocycles. The molecule has 0 aliphatic heterocycles. The van der Waals surface area contributed by atoms with Crippen molar-refractivity contribution in [3.63, 3.8) is 0 Å². The average molecular weight is 199 g/mol. The van der Waals surface area contributed by atoms with Crippen LogP contribution in [0.2, 0.25) is 5.15 Å². The average Bonchev–Trinajstić information content (AvgIpc) is 2.08. The van der Waals surface area contributed by atoms with Gasteiger partial charge in [-0.1, -0.05) is 25.4 Å². The summed E-state index contributed by atoms with van der Waals surface area (Å²) in [7, 11) is 0. The van der Waals surface area contributed by atoms with Gasteiger partial charge in [0.05, 0.1) is 0 Å². The molecule has 0 fully saturated rings. The maximum atomic E-state index is 5.97. The van der Waals surface area contributed by atoms with Crippen LogP contribution in [0.1, 0.15) is 31.0 Å². The second kappa shape index (κ2) is 4.07. The van der Waals surface area contributed by atoms with Crippen LogP contribution in [0.3, 0.4) is 0 Å². The van der Waals surface area contributed by atoms with Gasteiger partial charge in [0.2, 0.25) is 0 Å². The minimum atomic E-state index is 0.0449. The molecular weight excluding hydrogens is 184 g/mol. The number of hydrogen-bond donors (Lipinski definition) is 1. The molecule has 0 radical (unpaired) electrons. The van der Waals surface area contributed by atoms with Crippen LogP contribution in [0.25, 0.3) is 0 Å². The molecule has 2 N–H and O–H groups in total. The van der Waals surface area contributed by atoms with Crippen molar-refractivity contribution in [2.75, 3.05) is 0 Å². The zero-order valence-corrected chi connectivity index (χ0v) is 8.97. The fourth-order valence-electron chi connectivity index (χ4n) is 1.15. The topological polar surface area (TPSA) is 38.9 Å². The normalized spacial score (nSPS) is 13.4. The van der Waals surface area contributed by atoms with Gasteiger partial charge in [0.25, 0.3) is 0 Å². The van der Waals surface area contributed by atoms with Gasteiger partial charge in [-0.25, -0.2) is 4.98 Å². The molecule has 0 aliphatic carbocycles. The molecule has 1 unspecified atom stereocenters. The lowest BCUT2D eigenvalue weighted by molar-refractivity contribution is 0.512. The minimum Gasteiger partial charge on any atom is -0.324 e. The van der Waals surface area contributed by atoms with Crippen molar-refractivity contribution < 1.29 is 0 Å². The third kappa shape index (κ3) is 2.42. The van der Waals surface area contributed by atoms with E-state index in [0.717, 1.165) is 11.1 Å². The molecule has 1 atom stereocenters. The Bertz CT molecular complexity index is 297. The van der Waals surface area contributed by atoms with E-state index in [4.69, 9.17) is 17.3 Å². The van der Waals surface area contributed by atoms with Crippen molar-refractivity contribution >= 4 is 11.6 Å². The number of hydrogen-bond acceptors (Lipinski definition) is 2. The Morgan fingerprint density at radius 1 is 1.46 bits per heavy atom. The molecular formula is C10H15ClN2. The Kier molecular flexibility index (Phi) is 3.28. The van der Waals surface area contributed by atoms with Gasteiger partial charge >= 0.3 is 0 Å². The number of pyridine rings is 1. The standard InChI is InChI=1S/C10H15ClN2/c1-6(2)9(12)8-4-7(3)10(11)13-5-8/h4-6,9H,12H2,1-3H3. The summed E-state index contributed by atoms with van der Waals surface area (Å²) in [6.45, 7) is 6.12. The largest absolute Gasteiger partial charge is 0.324 e. The molecule has 0 saturated heterocycles. The summed E-state index contributed by atoms with van der Waals surface area (Å²) in [4.78, 5) is 4.07. The summed E-state index contributed by atoms with van der Waals surface area (Å²) in [6.07, 6.45) is 1.75. The molecule has 0 aliphatic rings. The van der Waals surface area contributed by atoms with Crippen LogP contribution in [0.4, 0.5) is 0 Å². The maximum absolute atomic E-state index is 5.97. The number of halogens is 1. The Morgan fingerprint density at radius 2 is 2.08 bits per heavy atom. The van der Waals surface area contributed by atoms with Crippen molar-refractivity contribution in [2.24, 2.45) is 11.7 Å². The van der Waals surface area contributed by atoms with E-state index in [-0.39, 0.29) is 6.04 Å². The van der Waals surface area contributed by atoms with Crippen molar-refractivity contribution in [3.05, 3.63) is 28.5 Å². The Balaban J connectivity index is 2.97. The molecule has 13 heavy (non-hydrogen) atoms. The van der Waals surface area contributed by atoms with E-state index in [9.17, 15) is 0 Å². The van der Waals surface area contributed by atoms with Crippen LogP contribution in [0.5, 0.6) is 0 Å². The summed E-state index contributed by atoms with van der Waals surface area (Å²) in [5.41, 5.74) is 8.01. The number of nitrogens with zero attached hydrogens (tertiary/aromatic N) is 1. The zero-order valence-electron chi connectivity index (χ0n) is 8.21. The van der Waals surface area contributed by atoms with E-state index < -0.39 is 0 Å². The molecule has 1 aromatic rings. The van der Waals surface area contributed by atoms with Crippen LogP contribution < -0.4 is 5.73 Å². The Hall–Kier alpha value is -0.600. The summed E-state index contributed by atoms with van der Waals surface area (Å²) >= 11 is 5.81. The molecule has 2 nitrogen and oxygen atoms in total. The first-order valence-corrected chi connectivity index (χ1v) is 4.77. The van der Waals surface area contributed by atoms with Crippen LogP contribution >= 0.6 is 11.6 Å². The highest BCUT2D eigenvalue weighted by atomic mass is 35.5. The van der Waals surface area contributed by atoms with Crippen molar-refractivity contribution in [2.45, 2.75) is 26.8 Å². The van der Waals surface area contributed by atoms with Crippen LogP contribution in [-0.2, 0) is 0 Å². The van der Waals surface area contributed by atoms with Crippen LogP contribution in [0, 0.1) is 12.8 Å². The first kappa shape index (κ1) is 10.5. The Morgan fingerprint density at radius 3 is 2.54 bits per heavy atom. The van der Waals surface area contributed by atoms with Gasteiger partial charge in [0.15, 0.2) is 0 Å². The third-order valence-corrected chi connectivity index (χ3v) is 2.53. The molecule has 3 heteroatoms. The molecule has 72 valence electrons. The quantitative estimate of drug-likeness (QED) is 0.743. The molecule has 0 bridgehead atoms. The smallest absolute Gasteiger partial charge is 0.131 e. The van der Waals surface area contributed by atoms with E-state index in [2.05, 4.69) is 18.8 Å². The summed E-state index contributed by atoms with van der Waals surface area (Å²) in [5.74, 6) is 0.419. The molecule has 1 rings (SSSR count). The number of nitrogens with two attached hydrogens (primary N) is 1. The molecule has 0 spiro atoms. The van der Waals surface area contributed by atoms with Gasteiger partial charge in [-0.05, 0) is 30.0 Å². The second-order valence-corrected chi connectivity index (χ2v) is 4.00. The third-order valence-electron chi connectivity index (χ3n) is 2.14. The fraction of sp³-hybridized carbons (Fsp3) is 0.500. The van der Waals surface area contributed by atoms with Gasteiger partial charge in [-0.15, -0.1) is 0 Å². The lowest BCUT2D eigenvalue weighted by atomic mass is 9.98. The summed E-state index contributed by atoms with van der Waals surface area (Å²) in [5, 5.41) is 0.555. The first-order valence-electron chi connectivity index (χ1n) is 4.40. The number of rotatable bonds is 2. The summed E-state index contributed by atoms with van der Waals surface area (Å²) in [6, 6.07) is 2.04.